The molecular formula is C98H116N20O21. The first kappa shape index (κ1) is 104. The summed E-state index contributed by atoms with van der Waals surface area (Å²) in [5, 5.41) is 32.0. The topological polar surface area (TPSA) is 604 Å². The van der Waals surface area contributed by atoms with Crippen LogP contribution in [0.5, 0.6) is 23.5 Å². The van der Waals surface area contributed by atoms with E-state index < -0.39 is 70.8 Å². The molecule has 15 amide bonds. The predicted octanol–water partition coefficient (Wildman–Crippen LogP) is 7.99. The van der Waals surface area contributed by atoms with Gasteiger partial charge in [0.25, 0.3) is 29.5 Å². The number of carbonyl (C=O) groups is 16. The summed E-state index contributed by atoms with van der Waals surface area (Å²) in [5.74, 6) is -7.17. The molecular weight excluding hydrogens is 1790 g/mol. The number of rotatable bonds is 17. The van der Waals surface area contributed by atoms with E-state index in [1.54, 1.807) is 14.7 Å². The van der Waals surface area contributed by atoms with E-state index >= 15 is 0 Å². The summed E-state index contributed by atoms with van der Waals surface area (Å²) in [4.78, 5) is 213. The van der Waals surface area contributed by atoms with Crippen LogP contribution in [0, 0.1) is 23.7 Å². The first-order valence-electron chi connectivity index (χ1n) is 45.4. The quantitative estimate of drug-likeness (QED) is 0.0384. The average Bonchev–Trinajstić information content (AvgIpc) is 0.800. The molecule has 0 unspecified atom stereocenters. The number of primary amides is 4. The highest BCUT2D eigenvalue weighted by molar-refractivity contribution is 6.41. The molecule has 0 radical (unpaired) electrons. The van der Waals surface area contributed by atoms with Crippen molar-refractivity contribution in [1.82, 2.24) is 40.0 Å². The van der Waals surface area contributed by atoms with Crippen LogP contribution in [0.4, 0.5) is 45.5 Å². The molecule has 4 fully saturated rings. The second kappa shape index (κ2) is 47.7. The van der Waals surface area contributed by atoms with Gasteiger partial charge in [-0.2, -0.15) is 0 Å². The van der Waals surface area contributed by atoms with Gasteiger partial charge in [-0.05, 0) is 200 Å². The smallest absolute Gasteiger partial charge is 0.313 e. The molecule has 8 aliphatic heterocycles. The number of piperidine rings is 4. The lowest BCUT2D eigenvalue weighted by Crippen LogP contribution is -2.46. The zero-order valence-electron chi connectivity index (χ0n) is 78.9. The number of nitrogens with two attached hydrogens (primary N) is 4. The third kappa shape index (κ3) is 26.7. The highest BCUT2D eigenvalue weighted by atomic mass is 16.5. The molecule has 18 N–H and O–H groups in total. The van der Waals surface area contributed by atoms with E-state index in [1.165, 1.54) is 101 Å². The molecule has 0 bridgehead atoms. The molecule has 8 aliphatic rings. The third-order valence-corrected chi connectivity index (χ3v) is 24.7. The molecule has 0 saturated carbocycles. The van der Waals surface area contributed by atoms with Gasteiger partial charge in [-0.25, -0.2) is 19.9 Å². The summed E-state index contributed by atoms with van der Waals surface area (Å²) in [6.07, 6.45) is 17.3. The van der Waals surface area contributed by atoms with Crippen LogP contribution in [-0.2, 0) is 83.2 Å². The summed E-state index contributed by atoms with van der Waals surface area (Å²) in [7, 11) is 6.39. The van der Waals surface area contributed by atoms with Crippen LogP contribution in [0.15, 0.2) is 122 Å². The number of likely N-dealkylation sites (tertiary alicyclic amines) is 3. The fourth-order valence-corrected chi connectivity index (χ4v) is 17.5. The van der Waals surface area contributed by atoms with E-state index in [9.17, 15) is 76.7 Å². The summed E-state index contributed by atoms with van der Waals surface area (Å²) in [6, 6.07) is 28.8. The van der Waals surface area contributed by atoms with Crippen molar-refractivity contribution in [2.75, 3.05) is 104 Å². The number of aromatic nitrogens is 4. The number of anilines is 8. The SMILES string of the molecule is CO.COc1ncc(NC(=O)C(=O)N2C[C@@H](C)CC[C@@H]2c2ccc3c(c2)CCC(=O)N3)cc1C(N)=O.COc1ncc(NC(=O)C(=O)N2C[C@@H](C)CC[C@@H]2c2ccc3c(c2)CCC(=O)N3)cc1C(N)=O.COc1ncc(NC(=O)C(=O)N2C[C@H](C)CC[C@H]2c2ccc3c(c2)CCC(=O)N3)cc1C(N)=O.COc1ncc(NC(=O)C(C)=O)cc1C(N)=O.C[C@H]1CC[C@H](c2ccc3c(c2)CCC(=O)N3)NC1. The number of benzene rings is 4. The van der Waals surface area contributed by atoms with Crippen molar-refractivity contribution in [3.05, 3.63) is 189 Å². The second-order valence-corrected chi connectivity index (χ2v) is 34.9. The lowest BCUT2D eigenvalue weighted by Gasteiger charge is -2.39. The van der Waals surface area contributed by atoms with Gasteiger partial charge in [0.15, 0.2) is 0 Å². The largest absolute Gasteiger partial charge is 0.480 e. The number of hydrogen-bond donors (Lipinski definition) is 14. The monoisotopic (exact) mass is 1910 g/mol. The molecule has 12 heterocycles. The van der Waals surface area contributed by atoms with Crippen LogP contribution in [0.3, 0.4) is 0 Å². The van der Waals surface area contributed by atoms with Crippen molar-refractivity contribution in [2.45, 2.75) is 162 Å². The Morgan fingerprint density at radius 1 is 0.345 bits per heavy atom. The highest BCUT2D eigenvalue weighted by Gasteiger charge is 2.40. The predicted molar refractivity (Wildman–Crippen MR) is 512 cm³/mol. The van der Waals surface area contributed by atoms with Gasteiger partial charge in [-0.1, -0.05) is 76.2 Å². The molecule has 16 rings (SSSR count). The van der Waals surface area contributed by atoms with Gasteiger partial charge >= 0.3 is 35.4 Å². The second-order valence-electron chi connectivity index (χ2n) is 34.9. The Kier molecular flexibility index (Phi) is 35.6. The minimum absolute atomic E-state index is 0.00151. The molecule has 8 aromatic rings. The molecule has 8 atom stereocenters. The maximum Gasteiger partial charge on any atom is 0.313 e. The third-order valence-electron chi connectivity index (χ3n) is 24.7. The minimum Gasteiger partial charge on any atom is -0.480 e. The van der Waals surface area contributed by atoms with Gasteiger partial charge in [0.05, 0.1) is 94.1 Å². The zero-order valence-corrected chi connectivity index (χ0v) is 78.9. The summed E-state index contributed by atoms with van der Waals surface area (Å²) in [5.41, 5.74) is 33.8. The Bertz CT molecular complexity index is 5630. The summed E-state index contributed by atoms with van der Waals surface area (Å²) in [6.45, 7) is 12.0. The van der Waals surface area contributed by atoms with Crippen LogP contribution in [0.2, 0.25) is 0 Å². The van der Waals surface area contributed by atoms with E-state index in [2.05, 4.69) is 92.9 Å². The molecule has 4 saturated heterocycles. The Morgan fingerprint density at radius 3 is 0.842 bits per heavy atom. The maximum absolute atomic E-state index is 13.2. The Labute approximate surface area is 801 Å². The fourth-order valence-electron chi connectivity index (χ4n) is 17.5. The number of nitrogens with one attached hydrogen (secondary N) is 9. The van der Waals surface area contributed by atoms with Gasteiger partial charge in [0.1, 0.15) is 22.3 Å². The number of pyridine rings is 4. The lowest BCUT2D eigenvalue weighted by molar-refractivity contribution is -0.146. The summed E-state index contributed by atoms with van der Waals surface area (Å²) >= 11 is 0. The van der Waals surface area contributed by atoms with E-state index in [0.717, 1.165) is 128 Å². The standard InChI is InChI=1S/3C24H27N5O5.C15H20N2O.C10H11N3O4.CH4O/c3*1-13-3-7-19(15-4-6-18-14(9-15)5-8-20(30)28-18)29(12-13)24(33)22(32)27-16-10-17(21(25)31)23(34-2)26-11-16;1-10-2-5-13(16-9-10)11-3-6-14-12(8-11)4-7-15(18)17-14;1-5(14)9(16)13-6-3-7(8(11)15)10(17-2)12-4-6;1-2/h3*4,6,9-11,13,19H,3,5,7-8,12H2,1-2H3,(H2,25,31)(H,27,32)(H,28,30);3,6,8,10,13,16H,2,4-5,7,9H2,1H3,(H,17,18);3-4H,1-2H3,(H2,11,15)(H,13,16);2H,1H3/t3*13-,19+;10-,13+;;/m1000../s1. The van der Waals surface area contributed by atoms with E-state index in [-0.39, 0.29) is 128 Å². The van der Waals surface area contributed by atoms with E-state index in [0.29, 0.717) is 70.6 Å². The van der Waals surface area contributed by atoms with Crippen LogP contribution < -0.4 is 89.7 Å². The van der Waals surface area contributed by atoms with Crippen molar-refractivity contribution in [3.8, 4) is 23.5 Å². The van der Waals surface area contributed by atoms with E-state index in [4.69, 9.17) is 47.0 Å². The Balaban J connectivity index is 0.000000170. The minimum atomic E-state index is -0.827. The maximum atomic E-state index is 13.2. The van der Waals surface area contributed by atoms with Gasteiger partial charge in [-0.3, -0.25) is 76.7 Å². The number of ether oxygens (including phenoxy) is 4. The lowest BCUT2D eigenvalue weighted by atomic mass is 9.88. The zero-order chi connectivity index (χ0) is 101. The van der Waals surface area contributed by atoms with Gasteiger partial charge in [0, 0.05) is 88.1 Å². The molecule has 4 aromatic carbocycles. The number of aliphatic hydroxyl groups is 1. The van der Waals surface area contributed by atoms with Crippen LogP contribution in [0.25, 0.3) is 0 Å². The first-order chi connectivity index (χ1) is 66.5. The van der Waals surface area contributed by atoms with Gasteiger partial charge in [0.2, 0.25) is 52.9 Å². The van der Waals surface area contributed by atoms with Gasteiger partial charge in [-0.15, -0.1) is 0 Å². The van der Waals surface area contributed by atoms with Crippen molar-refractivity contribution in [1.29, 1.82) is 0 Å². The molecule has 4 aromatic heterocycles. The summed E-state index contributed by atoms with van der Waals surface area (Å²) < 4.78 is 19.8. The number of Topliss-reactive ketones (excluding diaryl/α,β-unsaturated/α-hetero) is 1. The van der Waals surface area contributed by atoms with Crippen LogP contribution in [0.1, 0.15) is 222 Å². The van der Waals surface area contributed by atoms with Crippen molar-refractivity contribution >= 4 is 140 Å². The number of carbonyl (C=O) groups excluding carboxylic acids is 16. The number of aliphatic hydroxyl groups excluding tert-OH is 1. The number of methoxy groups -OCH3 is 4. The van der Waals surface area contributed by atoms with Crippen molar-refractivity contribution in [2.24, 2.45) is 46.6 Å². The fraction of sp³-hybridized carbons (Fsp3) is 0.388. The average molecular weight is 1910 g/mol. The van der Waals surface area contributed by atoms with Crippen molar-refractivity contribution in [3.63, 3.8) is 0 Å². The Hall–Kier alpha value is -15.7. The number of hydrogen-bond acceptors (Lipinski definition) is 26. The molecule has 41 heteroatoms. The highest BCUT2D eigenvalue weighted by Crippen LogP contribution is 2.41. The van der Waals surface area contributed by atoms with Gasteiger partial charge < -0.3 is 110 Å². The normalized spacial score (nSPS) is 19.1. The first-order valence-corrected chi connectivity index (χ1v) is 45.4. The van der Waals surface area contributed by atoms with Crippen LogP contribution >= 0.6 is 0 Å². The molecule has 734 valence electrons. The van der Waals surface area contributed by atoms with Crippen molar-refractivity contribution < 1.29 is 101 Å². The molecule has 0 aliphatic carbocycles. The Morgan fingerprint density at radius 2 is 0.597 bits per heavy atom. The molecule has 41 nitrogen and oxygen atoms in total. The molecule has 0 spiro atoms. The number of amides is 15. The number of nitrogens with zero attached hydrogens (tertiary/aromatic N) is 7. The number of ketones is 1. The van der Waals surface area contributed by atoms with E-state index in [1.807, 2.05) is 75.4 Å². The van der Waals surface area contributed by atoms with Crippen LogP contribution in [-0.4, -0.2) is 196 Å². The number of aryl methyl sites for hydroxylation is 4. The molecule has 139 heavy (non-hydrogen) atoms. The number of fused-ring (bicyclic) bond motifs is 4.